The van der Waals surface area contributed by atoms with Gasteiger partial charge in [0.15, 0.2) is 11.5 Å². The topological polar surface area (TPSA) is 48.1 Å². The van der Waals surface area contributed by atoms with Crippen molar-refractivity contribution in [1.29, 1.82) is 0 Å². The van der Waals surface area contributed by atoms with Crippen molar-refractivity contribution in [2.24, 2.45) is 10.1 Å². The highest BCUT2D eigenvalue weighted by molar-refractivity contribution is 7.07. The molecule has 0 aliphatic carbocycles. The molecule has 0 fully saturated rings. The zero-order valence-electron chi connectivity index (χ0n) is 18.4. The van der Waals surface area contributed by atoms with E-state index in [1.54, 1.807) is 24.7 Å². The Morgan fingerprint density at radius 1 is 1.00 bits per heavy atom. The molecule has 0 bridgehead atoms. The summed E-state index contributed by atoms with van der Waals surface area (Å²) in [4.78, 5) is 5.41. The van der Waals surface area contributed by atoms with Crippen LogP contribution in [0.1, 0.15) is 18.1 Å². The van der Waals surface area contributed by atoms with Gasteiger partial charge in [-0.15, -0.1) is 11.3 Å². The van der Waals surface area contributed by atoms with Gasteiger partial charge in [-0.1, -0.05) is 54.1 Å². The fourth-order valence-corrected chi connectivity index (χ4v) is 4.24. The third-order valence-electron chi connectivity index (χ3n) is 4.87. The second-order valence-electron chi connectivity index (χ2n) is 7.13. The third-order valence-corrected chi connectivity index (χ3v) is 5.97. The molecule has 3 aromatic carbocycles. The Morgan fingerprint density at radius 3 is 2.52 bits per heavy atom. The quantitative estimate of drug-likeness (QED) is 0.281. The highest BCUT2D eigenvalue weighted by atomic mass is 35.5. The molecule has 7 heteroatoms. The SMILES string of the molecule is CCN=c1scc(-c2ccc(Cl)cc2)n1N=Cc1ccc(OCc2ccccc2)c(OC)c1. The van der Waals surface area contributed by atoms with Crippen molar-refractivity contribution in [1.82, 2.24) is 4.68 Å². The summed E-state index contributed by atoms with van der Waals surface area (Å²) in [5.74, 6) is 1.34. The molecule has 1 heterocycles. The number of thiazole rings is 1. The van der Waals surface area contributed by atoms with Crippen molar-refractivity contribution in [3.05, 3.63) is 99.1 Å². The molecule has 33 heavy (non-hydrogen) atoms. The summed E-state index contributed by atoms with van der Waals surface area (Å²) < 4.78 is 13.4. The molecule has 0 saturated heterocycles. The Labute approximate surface area is 202 Å². The van der Waals surface area contributed by atoms with E-state index >= 15 is 0 Å². The zero-order valence-corrected chi connectivity index (χ0v) is 20.0. The molecule has 0 aliphatic rings. The minimum Gasteiger partial charge on any atom is -0.493 e. The first-order chi connectivity index (χ1) is 16.2. The third kappa shape index (κ3) is 5.72. The number of ether oxygens (including phenoxy) is 2. The molecular weight excluding hydrogens is 454 g/mol. The van der Waals surface area contributed by atoms with Crippen molar-refractivity contribution in [3.8, 4) is 22.8 Å². The van der Waals surface area contributed by atoms with Gasteiger partial charge in [0.05, 0.1) is 19.0 Å². The minimum absolute atomic E-state index is 0.474. The number of halogens is 1. The van der Waals surface area contributed by atoms with E-state index in [1.165, 1.54) is 0 Å². The first kappa shape index (κ1) is 22.8. The number of aromatic nitrogens is 1. The molecule has 0 aliphatic heterocycles. The number of methoxy groups -OCH3 is 1. The van der Waals surface area contributed by atoms with E-state index in [4.69, 9.17) is 26.2 Å². The predicted octanol–water partition coefficient (Wildman–Crippen LogP) is 6.26. The van der Waals surface area contributed by atoms with Gasteiger partial charge in [-0.05, 0) is 48.4 Å². The Kier molecular flexibility index (Phi) is 7.60. The minimum atomic E-state index is 0.474. The molecule has 5 nitrogen and oxygen atoms in total. The maximum absolute atomic E-state index is 6.06. The van der Waals surface area contributed by atoms with Crippen LogP contribution in [0.25, 0.3) is 11.3 Å². The summed E-state index contributed by atoms with van der Waals surface area (Å²) in [6.45, 7) is 3.16. The lowest BCUT2D eigenvalue weighted by Gasteiger charge is -2.11. The second-order valence-corrected chi connectivity index (χ2v) is 8.40. The smallest absolute Gasteiger partial charge is 0.206 e. The maximum Gasteiger partial charge on any atom is 0.206 e. The molecule has 0 amide bonds. The molecule has 0 unspecified atom stereocenters. The molecule has 0 saturated carbocycles. The van der Waals surface area contributed by atoms with Crippen LogP contribution in [-0.2, 0) is 6.61 Å². The van der Waals surface area contributed by atoms with Crippen molar-refractivity contribution in [2.45, 2.75) is 13.5 Å². The molecule has 0 spiro atoms. The number of hydrogen-bond donors (Lipinski definition) is 0. The van der Waals surface area contributed by atoms with Gasteiger partial charge >= 0.3 is 0 Å². The molecule has 0 N–H and O–H groups in total. The number of nitrogens with zero attached hydrogens (tertiary/aromatic N) is 3. The van der Waals surface area contributed by atoms with Gasteiger partial charge in [0.25, 0.3) is 0 Å². The molecular formula is C26H24ClN3O2S. The Bertz CT molecular complexity index is 1300. The van der Waals surface area contributed by atoms with E-state index in [9.17, 15) is 0 Å². The molecule has 0 radical (unpaired) electrons. The summed E-state index contributed by atoms with van der Waals surface area (Å²) in [7, 11) is 1.64. The first-order valence-electron chi connectivity index (χ1n) is 10.5. The van der Waals surface area contributed by atoms with E-state index in [0.29, 0.717) is 29.7 Å². The zero-order chi connectivity index (χ0) is 23.0. The van der Waals surface area contributed by atoms with Crippen LogP contribution in [0, 0.1) is 0 Å². The van der Waals surface area contributed by atoms with Gasteiger partial charge in [-0.3, -0.25) is 4.99 Å². The lowest BCUT2D eigenvalue weighted by atomic mass is 10.2. The molecule has 168 valence electrons. The van der Waals surface area contributed by atoms with Crippen molar-refractivity contribution >= 4 is 29.2 Å². The second kappa shape index (κ2) is 11.0. The van der Waals surface area contributed by atoms with E-state index < -0.39 is 0 Å². The average Bonchev–Trinajstić information content (AvgIpc) is 3.25. The van der Waals surface area contributed by atoms with Gasteiger partial charge in [0, 0.05) is 22.5 Å². The van der Waals surface area contributed by atoms with Crippen molar-refractivity contribution < 1.29 is 9.47 Å². The van der Waals surface area contributed by atoms with Gasteiger partial charge in [0.1, 0.15) is 6.61 Å². The molecule has 4 rings (SSSR count). The van der Waals surface area contributed by atoms with E-state index in [1.807, 2.05) is 84.4 Å². The lowest BCUT2D eigenvalue weighted by molar-refractivity contribution is 0.284. The van der Waals surface area contributed by atoms with Crippen molar-refractivity contribution in [2.75, 3.05) is 13.7 Å². The summed E-state index contributed by atoms with van der Waals surface area (Å²) in [6.07, 6.45) is 1.80. The largest absolute Gasteiger partial charge is 0.493 e. The monoisotopic (exact) mass is 477 g/mol. The molecule has 0 atom stereocenters. The Morgan fingerprint density at radius 2 is 1.79 bits per heavy atom. The molecule has 4 aromatic rings. The fourth-order valence-electron chi connectivity index (χ4n) is 3.22. The van der Waals surface area contributed by atoms with Gasteiger partial charge in [-0.25, -0.2) is 4.68 Å². The van der Waals surface area contributed by atoms with Crippen LogP contribution in [0.5, 0.6) is 11.5 Å². The number of rotatable bonds is 8. The lowest BCUT2D eigenvalue weighted by Crippen LogP contribution is -2.12. The van der Waals surface area contributed by atoms with Gasteiger partial charge in [0.2, 0.25) is 4.80 Å². The first-order valence-corrected chi connectivity index (χ1v) is 11.8. The van der Waals surface area contributed by atoms with Crippen LogP contribution in [0.3, 0.4) is 0 Å². The van der Waals surface area contributed by atoms with Crippen LogP contribution in [-0.4, -0.2) is 24.5 Å². The number of hydrogen-bond acceptors (Lipinski definition) is 5. The van der Waals surface area contributed by atoms with Gasteiger partial charge in [-0.2, -0.15) is 5.10 Å². The van der Waals surface area contributed by atoms with Gasteiger partial charge < -0.3 is 9.47 Å². The fraction of sp³-hybridized carbons (Fsp3) is 0.154. The standard InChI is InChI=1S/C26H24ClN3O2S/c1-3-28-26-30(23(18-33-26)21-10-12-22(27)13-11-21)29-16-20-9-14-24(25(15-20)31-2)32-17-19-7-5-4-6-8-19/h4-16,18H,3,17H2,1-2H3. The Hall–Kier alpha value is -3.35. The summed E-state index contributed by atoms with van der Waals surface area (Å²) >= 11 is 7.61. The summed E-state index contributed by atoms with van der Waals surface area (Å²) in [6, 6.07) is 23.5. The number of benzene rings is 3. The summed E-state index contributed by atoms with van der Waals surface area (Å²) in [5, 5.41) is 7.48. The average molecular weight is 478 g/mol. The summed E-state index contributed by atoms with van der Waals surface area (Å²) in [5.41, 5.74) is 3.96. The van der Waals surface area contributed by atoms with E-state index in [2.05, 4.69) is 10.4 Å². The van der Waals surface area contributed by atoms with Crippen LogP contribution in [0.2, 0.25) is 5.02 Å². The van der Waals surface area contributed by atoms with Crippen LogP contribution >= 0.6 is 22.9 Å². The van der Waals surface area contributed by atoms with E-state index in [0.717, 1.165) is 27.2 Å². The maximum atomic E-state index is 6.06. The Balaban J connectivity index is 1.60. The predicted molar refractivity (Wildman–Crippen MR) is 136 cm³/mol. The molecule has 1 aromatic heterocycles. The van der Waals surface area contributed by atoms with Crippen molar-refractivity contribution in [3.63, 3.8) is 0 Å². The highest BCUT2D eigenvalue weighted by Gasteiger charge is 2.09. The van der Waals surface area contributed by atoms with Crippen LogP contribution < -0.4 is 14.3 Å². The van der Waals surface area contributed by atoms with Crippen LogP contribution in [0.4, 0.5) is 0 Å². The van der Waals surface area contributed by atoms with Crippen LogP contribution in [0.15, 0.2) is 88.3 Å². The highest BCUT2D eigenvalue weighted by Crippen LogP contribution is 2.28. The normalized spacial score (nSPS) is 11.8. The van der Waals surface area contributed by atoms with E-state index in [-0.39, 0.29) is 0 Å².